The molecule has 0 aliphatic carbocycles. The van der Waals surface area contributed by atoms with Crippen LogP contribution < -0.4 is 10.6 Å². The van der Waals surface area contributed by atoms with Gasteiger partial charge in [0, 0.05) is 33.4 Å². The Morgan fingerprint density at radius 3 is 2.58 bits per heavy atom. The molecule has 0 saturated heterocycles. The van der Waals surface area contributed by atoms with Gasteiger partial charge >= 0.3 is 0 Å². The summed E-state index contributed by atoms with van der Waals surface area (Å²) in [6.45, 7) is 11.2. The largest absolute Gasteiger partial charge is 0.382 e. The summed E-state index contributed by atoms with van der Waals surface area (Å²) in [7, 11) is 1.68. The van der Waals surface area contributed by atoms with E-state index in [-0.39, 0.29) is 0 Å². The zero-order chi connectivity index (χ0) is 14.3. The molecule has 0 aliphatic rings. The van der Waals surface area contributed by atoms with Crippen molar-refractivity contribution in [1.29, 1.82) is 0 Å². The molecule has 5 nitrogen and oxygen atoms in total. The second-order valence-corrected chi connectivity index (χ2v) is 4.83. The molecular formula is C14H31N3O2. The van der Waals surface area contributed by atoms with Gasteiger partial charge in [0.25, 0.3) is 0 Å². The van der Waals surface area contributed by atoms with E-state index >= 15 is 0 Å². The Labute approximate surface area is 118 Å². The number of guanidine groups is 1. The molecular weight excluding hydrogens is 242 g/mol. The SMILES string of the molecule is CCNC(=NCCCOCCOC)NCCC(C)C. The molecule has 0 rings (SSSR count). The molecule has 0 amide bonds. The van der Waals surface area contributed by atoms with Crippen LogP contribution in [0.4, 0.5) is 0 Å². The molecule has 0 aliphatic heterocycles. The van der Waals surface area contributed by atoms with Crippen LogP contribution in [0.1, 0.15) is 33.6 Å². The lowest BCUT2D eigenvalue weighted by molar-refractivity contribution is 0.0702. The summed E-state index contributed by atoms with van der Waals surface area (Å²) in [5.74, 6) is 1.62. The topological polar surface area (TPSA) is 54.9 Å². The summed E-state index contributed by atoms with van der Waals surface area (Å²) in [4.78, 5) is 4.51. The lowest BCUT2D eigenvalue weighted by atomic mass is 10.1. The normalized spacial score (nSPS) is 11.9. The van der Waals surface area contributed by atoms with Crippen molar-refractivity contribution in [3.63, 3.8) is 0 Å². The molecule has 0 aromatic rings. The fourth-order valence-electron chi connectivity index (χ4n) is 1.42. The van der Waals surface area contributed by atoms with E-state index < -0.39 is 0 Å². The second kappa shape index (κ2) is 13.6. The van der Waals surface area contributed by atoms with Crippen molar-refractivity contribution in [2.24, 2.45) is 10.9 Å². The van der Waals surface area contributed by atoms with Crippen LogP contribution in [0.3, 0.4) is 0 Å². The van der Waals surface area contributed by atoms with E-state index in [9.17, 15) is 0 Å². The fraction of sp³-hybridized carbons (Fsp3) is 0.929. The summed E-state index contributed by atoms with van der Waals surface area (Å²) in [6, 6.07) is 0. The van der Waals surface area contributed by atoms with Gasteiger partial charge in [-0.2, -0.15) is 0 Å². The first-order chi connectivity index (χ1) is 9.20. The Bertz CT molecular complexity index is 221. The number of nitrogens with zero attached hydrogens (tertiary/aromatic N) is 1. The third-order valence-corrected chi connectivity index (χ3v) is 2.51. The highest BCUT2D eigenvalue weighted by Gasteiger charge is 1.98. The highest BCUT2D eigenvalue weighted by molar-refractivity contribution is 5.79. The van der Waals surface area contributed by atoms with Crippen LogP contribution in [-0.4, -0.2) is 52.5 Å². The van der Waals surface area contributed by atoms with E-state index in [1.165, 1.54) is 0 Å². The first-order valence-corrected chi connectivity index (χ1v) is 7.29. The van der Waals surface area contributed by atoms with Crippen molar-refractivity contribution in [1.82, 2.24) is 10.6 Å². The molecule has 19 heavy (non-hydrogen) atoms. The van der Waals surface area contributed by atoms with E-state index in [1.54, 1.807) is 7.11 Å². The molecule has 0 spiro atoms. The zero-order valence-electron chi connectivity index (χ0n) is 13.0. The first kappa shape index (κ1) is 18.2. The number of aliphatic imine (C=N–C) groups is 1. The smallest absolute Gasteiger partial charge is 0.191 e. The molecule has 0 heterocycles. The van der Waals surface area contributed by atoms with Crippen molar-refractivity contribution in [2.45, 2.75) is 33.6 Å². The molecule has 0 saturated carbocycles. The minimum Gasteiger partial charge on any atom is -0.382 e. The average Bonchev–Trinajstić information content (AvgIpc) is 2.37. The van der Waals surface area contributed by atoms with Crippen LogP contribution in [0.25, 0.3) is 0 Å². The molecule has 0 aromatic heterocycles. The predicted octanol–water partition coefficient (Wildman–Crippen LogP) is 1.64. The number of methoxy groups -OCH3 is 1. The Balaban J connectivity index is 3.67. The van der Waals surface area contributed by atoms with Gasteiger partial charge < -0.3 is 20.1 Å². The summed E-state index contributed by atoms with van der Waals surface area (Å²) in [5, 5.41) is 6.59. The summed E-state index contributed by atoms with van der Waals surface area (Å²) in [6.07, 6.45) is 2.09. The van der Waals surface area contributed by atoms with E-state index in [0.29, 0.717) is 19.1 Å². The Kier molecular flexibility index (Phi) is 13.0. The molecule has 2 N–H and O–H groups in total. The summed E-state index contributed by atoms with van der Waals surface area (Å²) in [5.41, 5.74) is 0. The zero-order valence-corrected chi connectivity index (χ0v) is 13.0. The number of hydrogen-bond acceptors (Lipinski definition) is 3. The monoisotopic (exact) mass is 273 g/mol. The Morgan fingerprint density at radius 1 is 1.16 bits per heavy atom. The standard InChI is InChI=1S/C14H31N3O2/c1-5-15-14(17-9-7-13(2)3)16-8-6-10-19-12-11-18-4/h13H,5-12H2,1-4H3,(H2,15,16,17). The van der Waals surface area contributed by atoms with Crippen molar-refractivity contribution in [3.05, 3.63) is 0 Å². The highest BCUT2D eigenvalue weighted by Crippen LogP contribution is 1.96. The first-order valence-electron chi connectivity index (χ1n) is 7.29. The maximum atomic E-state index is 5.39. The molecule has 0 aromatic carbocycles. The van der Waals surface area contributed by atoms with Gasteiger partial charge in [0.15, 0.2) is 5.96 Å². The highest BCUT2D eigenvalue weighted by atomic mass is 16.5. The lowest BCUT2D eigenvalue weighted by Crippen LogP contribution is -2.38. The van der Waals surface area contributed by atoms with Crippen molar-refractivity contribution in [2.75, 3.05) is 46.6 Å². The van der Waals surface area contributed by atoms with Gasteiger partial charge in [0.1, 0.15) is 0 Å². The van der Waals surface area contributed by atoms with Gasteiger partial charge in [-0.05, 0) is 25.7 Å². The van der Waals surface area contributed by atoms with Gasteiger partial charge in [-0.1, -0.05) is 13.8 Å². The second-order valence-electron chi connectivity index (χ2n) is 4.83. The van der Waals surface area contributed by atoms with Crippen LogP contribution in [-0.2, 0) is 9.47 Å². The quantitative estimate of drug-likeness (QED) is 0.341. The van der Waals surface area contributed by atoms with Crippen molar-refractivity contribution in [3.8, 4) is 0 Å². The van der Waals surface area contributed by atoms with E-state index in [1.807, 2.05) is 0 Å². The van der Waals surface area contributed by atoms with Crippen LogP contribution in [0.5, 0.6) is 0 Å². The van der Waals surface area contributed by atoms with E-state index in [4.69, 9.17) is 9.47 Å². The number of hydrogen-bond donors (Lipinski definition) is 2. The average molecular weight is 273 g/mol. The third-order valence-electron chi connectivity index (χ3n) is 2.51. The third kappa shape index (κ3) is 13.4. The predicted molar refractivity (Wildman–Crippen MR) is 80.7 cm³/mol. The fourth-order valence-corrected chi connectivity index (χ4v) is 1.42. The van der Waals surface area contributed by atoms with Crippen LogP contribution >= 0.6 is 0 Å². The summed E-state index contributed by atoms with van der Waals surface area (Å²) >= 11 is 0. The van der Waals surface area contributed by atoms with Gasteiger partial charge in [-0.25, -0.2) is 0 Å². The minimum absolute atomic E-state index is 0.655. The maximum absolute atomic E-state index is 5.39. The number of rotatable bonds is 11. The van der Waals surface area contributed by atoms with Gasteiger partial charge in [-0.3, -0.25) is 4.99 Å². The summed E-state index contributed by atoms with van der Waals surface area (Å²) < 4.78 is 10.3. The molecule has 0 unspecified atom stereocenters. The van der Waals surface area contributed by atoms with Gasteiger partial charge in [-0.15, -0.1) is 0 Å². The van der Waals surface area contributed by atoms with E-state index in [2.05, 4.69) is 36.4 Å². The number of nitrogens with one attached hydrogen (secondary N) is 2. The molecule has 0 radical (unpaired) electrons. The van der Waals surface area contributed by atoms with Crippen LogP contribution in [0.2, 0.25) is 0 Å². The van der Waals surface area contributed by atoms with Crippen molar-refractivity contribution < 1.29 is 9.47 Å². The Hall–Kier alpha value is -0.810. The van der Waals surface area contributed by atoms with Crippen LogP contribution in [0, 0.1) is 5.92 Å². The molecule has 114 valence electrons. The van der Waals surface area contributed by atoms with Crippen molar-refractivity contribution >= 4 is 5.96 Å². The maximum Gasteiger partial charge on any atom is 0.191 e. The van der Waals surface area contributed by atoms with Gasteiger partial charge in [0.05, 0.1) is 13.2 Å². The molecule has 0 fully saturated rings. The van der Waals surface area contributed by atoms with Crippen LogP contribution in [0.15, 0.2) is 4.99 Å². The molecule has 0 bridgehead atoms. The lowest BCUT2D eigenvalue weighted by Gasteiger charge is -2.12. The van der Waals surface area contributed by atoms with E-state index in [0.717, 1.165) is 45.0 Å². The molecule has 0 atom stereocenters. The minimum atomic E-state index is 0.655. The molecule has 5 heteroatoms. The number of ether oxygens (including phenoxy) is 2. The van der Waals surface area contributed by atoms with Gasteiger partial charge in [0.2, 0.25) is 0 Å². The Morgan fingerprint density at radius 2 is 1.95 bits per heavy atom.